The summed E-state index contributed by atoms with van der Waals surface area (Å²) in [6.45, 7) is 2.58. The number of carbonyl (C=O) groups excluding carboxylic acids is 1. The van der Waals surface area contributed by atoms with Crippen LogP contribution in [0.1, 0.15) is 24.1 Å². The number of hydrogen-bond acceptors (Lipinski definition) is 4. The molecule has 2 aromatic carbocycles. The molecule has 0 aliphatic heterocycles. The second-order valence-corrected chi connectivity index (χ2v) is 6.23. The van der Waals surface area contributed by atoms with Crippen LogP contribution >= 0.6 is 0 Å². The lowest BCUT2D eigenvalue weighted by molar-refractivity contribution is 0.171. The van der Waals surface area contributed by atoms with Crippen molar-refractivity contribution in [2.75, 3.05) is 13.2 Å². The summed E-state index contributed by atoms with van der Waals surface area (Å²) in [6, 6.07) is 17.1. The minimum atomic E-state index is -0.208. The Bertz CT molecular complexity index is 835. The molecule has 7 nitrogen and oxygen atoms in total. The maximum atomic E-state index is 12.7. The fraction of sp³-hybridized carbons (Fsp3) is 0.250. The van der Waals surface area contributed by atoms with E-state index in [9.17, 15) is 9.90 Å². The predicted octanol–water partition coefficient (Wildman–Crippen LogP) is 2.53. The molecule has 2 amide bonds. The lowest BCUT2D eigenvalue weighted by Gasteiger charge is -2.25. The number of nitrogens with one attached hydrogen (secondary N) is 1. The highest BCUT2D eigenvalue weighted by molar-refractivity contribution is 5.74. The highest BCUT2D eigenvalue weighted by Crippen LogP contribution is 2.16. The van der Waals surface area contributed by atoms with Crippen molar-refractivity contribution in [2.45, 2.75) is 19.5 Å². The number of rotatable bonds is 7. The first kappa shape index (κ1) is 18.6. The van der Waals surface area contributed by atoms with Crippen molar-refractivity contribution < 1.29 is 9.90 Å². The fourth-order valence-electron chi connectivity index (χ4n) is 2.79. The molecule has 7 heteroatoms. The first-order valence-corrected chi connectivity index (χ1v) is 8.82. The van der Waals surface area contributed by atoms with Gasteiger partial charge in [0.15, 0.2) is 0 Å². The summed E-state index contributed by atoms with van der Waals surface area (Å²) in [7, 11) is 0. The SMILES string of the molecule is CC(NC(=O)N(CCO)Cc1ccccc1)c1ccc(-n2cncn2)cc1. The molecule has 2 N–H and O–H groups in total. The average Bonchev–Trinajstić information content (AvgIpc) is 3.23. The first-order chi connectivity index (χ1) is 13.2. The van der Waals surface area contributed by atoms with Crippen molar-refractivity contribution in [3.63, 3.8) is 0 Å². The molecule has 0 bridgehead atoms. The Labute approximate surface area is 158 Å². The number of carbonyl (C=O) groups is 1. The smallest absolute Gasteiger partial charge is 0.318 e. The van der Waals surface area contributed by atoms with Gasteiger partial charge in [-0.2, -0.15) is 5.10 Å². The van der Waals surface area contributed by atoms with Gasteiger partial charge in [0, 0.05) is 13.1 Å². The van der Waals surface area contributed by atoms with Crippen molar-refractivity contribution in [2.24, 2.45) is 0 Å². The normalized spacial score (nSPS) is 11.8. The Morgan fingerprint density at radius 3 is 2.56 bits per heavy atom. The van der Waals surface area contributed by atoms with E-state index in [-0.39, 0.29) is 25.2 Å². The zero-order chi connectivity index (χ0) is 19.1. The monoisotopic (exact) mass is 365 g/mol. The van der Waals surface area contributed by atoms with Gasteiger partial charge >= 0.3 is 6.03 Å². The molecule has 0 radical (unpaired) electrons. The molecule has 140 valence electrons. The summed E-state index contributed by atoms with van der Waals surface area (Å²) in [5.41, 5.74) is 2.91. The van der Waals surface area contributed by atoms with Crippen LogP contribution in [0.4, 0.5) is 4.79 Å². The second-order valence-electron chi connectivity index (χ2n) is 6.23. The summed E-state index contributed by atoms with van der Waals surface area (Å²) in [5.74, 6) is 0. The van der Waals surface area contributed by atoms with Gasteiger partial charge in [0.05, 0.1) is 18.3 Å². The number of amides is 2. The summed E-state index contributed by atoms with van der Waals surface area (Å²) in [6.07, 6.45) is 3.12. The van der Waals surface area contributed by atoms with Gasteiger partial charge in [-0.1, -0.05) is 42.5 Å². The van der Waals surface area contributed by atoms with E-state index in [2.05, 4.69) is 15.4 Å². The van der Waals surface area contributed by atoms with E-state index >= 15 is 0 Å². The molecule has 1 aromatic heterocycles. The molecule has 0 aliphatic carbocycles. The van der Waals surface area contributed by atoms with Crippen LogP contribution in [0.2, 0.25) is 0 Å². The van der Waals surface area contributed by atoms with Crippen LogP contribution in [0.3, 0.4) is 0 Å². The van der Waals surface area contributed by atoms with Crippen LogP contribution in [0, 0.1) is 0 Å². The topological polar surface area (TPSA) is 83.3 Å². The number of aliphatic hydroxyl groups is 1. The second kappa shape index (κ2) is 8.95. The minimum absolute atomic E-state index is 0.0821. The Balaban J connectivity index is 1.64. The van der Waals surface area contributed by atoms with Gasteiger partial charge in [-0.3, -0.25) is 0 Å². The summed E-state index contributed by atoms with van der Waals surface area (Å²) >= 11 is 0. The Hall–Kier alpha value is -3.19. The van der Waals surface area contributed by atoms with E-state index in [4.69, 9.17) is 0 Å². The number of aliphatic hydroxyl groups excluding tert-OH is 1. The van der Waals surface area contributed by atoms with Crippen LogP contribution in [-0.4, -0.2) is 44.0 Å². The molecule has 0 fully saturated rings. The number of nitrogens with zero attached hydrogens (tertiary/aromatic N) is 4. The maximum absolute atomic E-state index is 12.7. The van der Waals surface area contributed by atoms with E-state index in [0.717, 1.165) is 16.8 Å². The van der Waals surface area contributed by atoms with Gasteiger partial charge in [-0.15, -0.1) is 0 Å². The predicted molar refractivity (Wildman–Crippen MR) is 102 cm³/mol. The van der Waals surface area contributed by atoms with Gasteiger partial charge in [-0.05, 0) is 30.2 Å². The largest absolute Gasteiger partial charge is 0.395 e. The molecule has 0 spiro atoms. The van der Waals surface area contributed by atoms with Gasteiger partial charge in [0.25, 0.3) is 0 Å². The third kappa shape index (κ3) is 4.92. The molecule has 3 aromatic rings. The highest BCUT2D eigenvalue weighted by atomic mass is 16.3. The summed E-state index contributed by atoms with van der Waals surface area (Å²) in [5, 5.41) is 16.4. The lowest BCUT2D eigenvalue weighted by Crippen LogP contribution is -2.42. The Kier molecular flexibility index (Phi) is 6.17. The minimum Gasteiger partial charge on any atom is -0.395 e. The van der Waals surface area contributed by atoms with E-state index in [1.165, 1.54) is 6.33 Å². The highest BCUT2D eigenvalue weighted by Gasteiger charge is 2.16. The molecule has 27 heavy (non-hydrogen) atoms. The van der Waals surface area contributed by atoms with Crippen LogP contribution < -0.4 is 5.32 Å². The quantitative estimate of drug-likeness (QED) is 0.674. The van der Waals surface area contributed by atoms with E-state index in [1.54, 1.807) is 15.9 Å². The van der Waals surface area contributed by atoms with Crippen LogP contribution in [-0.2, 0) is 6.54 Å². The van der Waals surface area contributed by atoms with E-state index < -0.39 is 0 Å². The molecular weight excluding hydrogens is 342 g/mol. The zero-order valence-electron chi connectivity index (χ0n) is 15.2. The van der Waals surface area contributed by atoms with Crippen molar-refractivity contribution in [1.82, 2.24) is 25.0 Å². The van der Waals surface area contributed by atoms with Crippen LogP contribution in [0.5, 0.6) is 0 Å². The molecule has 1 unspecified atom stereocenters. The van der Waals surface area contributed by atoms with Crippen LogP contribution in [0.25, 0.3) is 5.69 Å². The average molecular weight is 365 g/mol. The first-order valence-electron chi connectivity index (χ1n) is 8.82. The van der Waals surface area contributed by atoms with Gasteiger partial charge in [0.2, 0.25) is 0 Å². The number of aromatic nitrogens is 3. The molecule has 3 rings (SSSR count). The van der Waals surface area contributed by atoms with E-state index in [1.807, 2.05) is 61.5 Å². The van der Waals surface area contributed by atoms with Gasteiger partial charge in [-0.25, -0.2) is 14.5 Å². The number of benzene rings is 2. The molecular formula is C20H23N5O2. The molecule has 0 saturated heterocycles. The summed E-state index contributed by atoms with van der Waals surface area (Å²) in [4.78, 5) is 18.2. The fourth-order valence-corrected chi connectivity index (χ4v) is 2.79. The standard InChI is InChI=1S/C20H23N5O2/c1-16(18-7-9-19(10-8-18)25-15-21-14-22-25)23-20(27)24(11-12-26)13-17-5-3-2-4-6-17/h2-10,14-16,26H,11-13H2,1H3,(H,23,27). The van der Waals surface area contributed by atoms with Crippen molar-refractivity contribution in [1.29, 1.82) is 0 Å². The number of hydrogen-bond donors (Lipinski definition) is 2. The summed E-state index contributed by atoms with van der Waals surface area (Å²) < 4.78 is 1.68. The third-order valence-corrected chi connectivity index (χ3v) is 4.29. The Morgan fingerprint density at radius 1 is 1.19 bits per heavy atom. The van der Waals surface area contributed by atoms with Gasteiger partial charge in [0.1, 0.15) is 12.7 Å². The van der Waals surface area contributed by atoms with Crippen molar-refractivity contribution in [3.8, 4) is 5.69 Å². The zero-order valence-corrected chi connectivity index (χ0v) is 15.2. The molecule has 1 heterocycles. The van der Waals surface area contributed by atoms with Crippen molar-refractivity contribution >= 4 is 6.03 Å². The number of urea groups is 1. The molecule has 1 atom stereocenters. The van der Waals surface area contributed by atoms with Crippen LogP contribution in [0.15, 0.2) is 67.3 Å². The third-order valence-electron chi connectivity index (χ3n) is 4.29. The lowest BCUT2D eigenvalue weighted by atomic mass is 10.1. The molecule has 0 saturated carbocycles. The Morgan fingerprint density at radius 2 is 1.93 bits per heavy atom. The van der Waals surface area contributed by atoms with E-state index in [0.29, 0.717) is 6.54 Å². The maximum Gasteiger partial charge on any atom is 0.318 e. The van der Waals surface area contributed by atoms with Gasteiger partial charge < -0.3 is 15.3 Å². The van der Waals surface area contributed by atoms with Crippen molar-refractivity contribution in [3.05, 3.63) is 78.4 Å². The molecule has 0 aliphatic rings.